The third-order valence-electron chi connectivity index (χ3n) is 4.24. The quantitative estimate of drug-likeness (QED) is 0.489. The summed E-state index contributed by atoms with van der Waals surface area (Å²) in [7, 11) is 3.28. The van der Waals surface area contributed by atoms with Gasteiger partial charge in [-0.1, -0.05) is 0 Å². The summed E-state index contributed by atoms with van der Waals surface area (Å²) in [5, 5.41) is 6.60. The number of H-pyrrole nitrogens is 1. The predicted octanol–water partition coefficient (Wildman–Crippen LogP) is 2.51. The SMILES string of the molecule is COc1cc(OC)c2cc(CCCNC(=O)c3csc(CCN)n3)[nH]c2c1. The van der Waals surface area contributed by atoms with Crippen LogP contribution < -0.4 is 20.5 Å². The summed E-state index contributed by atoms with van der Waals surface area (Å²) in [4.78, 5) is 19.8. The molecule has 0 unspecified atom stereocenters. The van der Waals surface area contributed by atoms with Gasteiger partial charge < -0.3 is 25.5 Å². The largest absolute Gasteiger partial charge is 0.497 e. The van der Waals surface area contributed by atoms with E-state index in [-0.39, 0.29) is 5.91 Å². The van der Waals surface area contributed by atoms with Gasteiger partial charge in [-0.2, -0.15) is 0 Å². The Morgan fingerprint density at radius 3 is 2.85 bits per heavy atom. The summed E-state index contributed by atoms with van der Waals surface area (Å²) in [5.41, 5.74) is 8.03. The van der Waals surface area contributed by atoms with E-state index in [0.717, 1.165) is 45.9 Å². The highest BCUT2D eigenvalue weighted by Gasteiger charge is 2.11. The number of thiazole rings is 1. The van der Waals surface area contributed by atoms with Gasteiger partial charge in [0.05, 0.1) is 24.7 Å². The number of ether oxygens (including phenoxy) is 2. The van der Waals surface area contributed by atoms with E-state index in [2.05, 4.69) is 21.4 Å². The molecule has 4 N–H and O–H groups in total. The maximum absolute atomic E-state index is 12.1. The molecule has 3 aromatic rings. The Balaban J connectivity index is 1.54. The number of methoxy groups -OCH3 is 2. The van der Waals surface area contributed by atoms with Crippen LogP contribution in [-0.4, -0.2) is 43.2 Å². The number of rotatable bonds is 9. The second-order valence-corrected chi connectivity index (χ2v) is 7.05. The molecule has 27 heavy (non-hydrogen) atoms. The van der Waals surface area contributed by atoms with Crippen LogP contribution in [0.1, 0.15) is 27.6 Å². The maximum Gasteiger partial charge on any atom is 0.270 e. The third kappa shape index (κ3) is 4.58. The van der Waals surface area contributed by atoms with E-state index < -0.39 is 0 Å². The summed E-state index contributed by atoms with van der Waals surface area (Å²) in [6, 6.07) is 5.90. The molecule has 7 nitrogen and oxygen atoms in total. The Labute approximate surface area is 161 Å². The number of nitrogens with one attached hydrogen (secondary N) is 2. The van der Waals surface area contributed by atoms with Crippen molar-refractivity contribution in [2.24, 2.45) is 5.73 Å². The lowest BCUT2D eigenvalue weighted by Crippen LogP contribution is -2.25. The predicted molar refractivity (Wildman–Crippen MR) is 107 cm³/mol. The van der Waals surface area contributed by atoms with Gasteiger partial charge in [0.1, 0.15) is 17.2 Å². The number of carbonyl (C=O) groups is 1. The van der Waals surface area contributed by atoms with Crippen molar-refractivity contribution in [2.75, 3.05) is 27.3 Å². The molecule has 0 fully saturated rings. The minimum Gasteiger partial charge on any atom is -0.497 e. The first kappa shape index (κ1) is 19.2. The highest BCUT2D eigenvalue weighted by Crippen LogP contribution is 2.31. The van der Waals surface area contributed by atoms with Gasteiger partial charge in [-0.05, 0) is 25.5 Å². The molecule has 0 aliphatic heterocycles. The van der Waals surface area contributed by atoms with Gasteiger partial charge >= 0.3 is 0 Å². The van der Waals surface area contributed by atoms with Gasteiger partial charge in [-0.15, -0.1) is 11.3 Å². The van der Waals surface area contributed by atoms with Crippen LogP contribution in [0.4, 0.5) is 0 Å². The number of aromatic nitrogens is 2. The van der Waals surface area contributed by atoms with E-state index in [9.17, 15) is 4.79 Å². The van der Waals surface area contributed by atoms with Crippen LogP contribution in [0.3, 0.4) is 0 Å². The van der Waals surface area contributed by atoms with Crippen molar-refractivity contribution in [3.05, 3.63) is 40.0 Å². The number of fused-ring (bicyclic) bond motifs is 1. The average molecular weight is 388 g/mol. The van der Waals surface area contributed by atoms with Crippen molar-refractivity contribution in [3.8, 4) is 11.5 Å². The van der Waals surface area contributed by atoms with Crippen molar-refractivity contribution < 1.29 is 14.3 Å². The molecule has 0 aliphatic carbocycles. The van der Waals surface area contributed by atoms with Crippen molar-refractivity contribution in [1.82, 2.24) is 15.3 Å². The Morgan fingerprint density at radius 2 is 2.11 bits per heavy atom. The number of carbonyl (C=O) groups excluding carboxylic acids is 1. The smallest absolute Gasteiger partial charge is 0.270 e. The summed E-state index contributed by atoms with van der Waals surface area (Å²) >= 11 is 1.47. The second-order valence-electron chi connectivity index (χ2n) is 6.11. The van der Waals surface area contributed by atoms with E-state index in [1.165, 1.54) is 11.3 Å². The summed E-state index contributed by atoms with van der Waals surface area (Å²) in [6.45, 7) is 1.12. The van der Waals surface area contributed by atoms with Crippen LogP contribution in [0, 0.1) is 0 Å². The molecule has 1 amide bonds. The first-order valence-corrected chi connectivity index (χ1v) is 9.69. The fourth-order valence-corrected chi connectivity index (χ4v) is 3.68. The van der Waals surface area contributed by atoms with Crippen LogP contribution in [-0.2, 0) is 12.8 Å². The van der Waals surface area contributed by atoms with Crippen LogP contribution in [0.15, 0.2) is 23.6 Å². The molecule has 2 heterocycles. The molecule has 0 saturated carbocycles. The van der Waals surface area contributed by atoms with Gasteiger partial charge in [0.15, 0.2) is 0 Å². The minimum absolute atomic E-state index is 0.141. The standard InChI is InChI=1S/C19H24N4O3S/c1-25-13-9-15-14(17(10-13)26-2)8-12(22-15)4-3-7-21-19(24)16-11-27-18(23-16)5-6-20/h8-11,22H,3-7,20H2,1-2H3,(H,21,24). The maximum atomic E-state index is 12.1. The molecule has 0 atom stereocenters. The van der Waals surface area contributed by atoms with E-state index in [0.29, 0.717) is 25.2 Å². The molecule has 0 bridgehead atoms. The fraction of sp³-hybridized carbons (Fsp3) is 0.368. The number of aryl methyl sites for hydroxylation is 1. The first-order valence-electron chi connectivity index (χ1n) is 8.81. The van der Waals surface area contributed by atoms with Gasteiger partial charge in [0.2, 0.25) is 0 Å². The lowest BCUT2D eigenvalue weighted by molar-refractivity contribution is 0.0948. The summed E-state index contributed by atoms with van der Waals surface area (Å²) < 4.78 is 10.7. The van der Waals surface area contributed by atoms with Crippen LogP contribution in [0.25, 0.3) is 10.9 Å². The fourth-order valence-electron chi connectivity index (χ4n) is 2.88. The molecule has 1 aromatic carbocycles. The molecular weight excluding hydrogens is 364 g/mol. The second kappa shape index (κ2) is 8.88. The number of benzene rings is 1. The van der Waals surface area contributed by atoms with Crippen molar-refractivity contribution in [1.29, 1.82) is 0 Å². The van der Waals surface area contributed by atoms with Crippen molar-refractivity contribution >= 4 is 28.1 Å². The van der Waals surface area contributed by atoms with E-state index in [4.69, 9.17) is 15.2 Å². The first-order chi connectivity index (χ1) is 13.1. The molecule has 3 rings (SSSR count). The number of aromatic amines is 1. The molecule has 0 radical (unpaired) electrons. The lowest BCUT2D eigenvalue weighted by Gasteiger charge is -2.04. The molecule has 0 aliphatic rings. The van der Waals surface area contributed by atoms with Crippen LogP contribution >= 0.6 is 11.3 Å². The molecule has 144 valence electrons. The van der Waals surface area contributed by atoms with Gasteiger partial charge in [-0.25, -0.2) is 4.98 Å². The lowest BCUT2D eigenvalue weighted by atomic mass is 10.2. The van der Waals surface area contributed by atoms with Gasteiger partial charge in [-0.3, -0.25) is 4.79 Å². The molecule has 8 heteroatoms. The van der Waals surface area contributed by atoms with Crippen LogP contribution in [0.5, 0.6) is 11.5 Å². The third-order valence-corrected chi connectivity index (χ3v) is 5.14. The van der Waals surface area contributed by atoms with Crippen LogP contribution in [0.2, 0.25) is 0 Å². The summed E-state index contributed by atoms with van der Waals surface area (Å²) in [5.74, 6) is 1.38. The number of hydrogen-bond donors (Lipinski definition) is 3. The van der Waals surface area contributed by atoms with E-state index in [1.807, 2.05) is 12.1 Å². The molecule has 0 saturated heterocycles. The van der Waals surface area contributed by atoms with Gasteiger partial charge in [0, 0.05) is 41.6 Å². The Hall–Kier alpha value is -2.58. The highest BCUT2D eigenvalue weighted by atomic mass is 32.1. The number of amides is 1. The molecular formula is C19H24N4O3S. The monoisotopic (exact) mass is 388 g/mol. The zero-order valence-electron chi connectivity index (χ0n) is 15.5. The Bertz CT molecular complexity index is 919. The molecule has 0 spiro atoms. The van der Waals surface area contributed by atoms with E-state index in [1.54, 1.807) is 19.6 Å². The zero-order valence-corrected chi connectivity index (χ0v) is 16.3. The van der Waals surface area contributed by atoms with E-state index >= 15 is 0 Å². The minimum atomic E-state index is -0.141. The number of nitrogens with zero attached hydrogens (tertiary/aromatic N) is 1. The molecule has 2 aromatic heterocycles. The number of nitrogens with two attached hydrogens (primary N) is 1. The van der Waals surface area contributed by atoms with Crippen molar-refractivity contribution in [3.63, 3.8) is 0 Å². The average Bonchev–Trinajstić information content (AvgIpc) is 3.31. The zero-order chi connectivity index (χ0) is 19.2. The van der Waals surface area contributed by atoms with Crippen molar-refractivity contribution in [2.45, 2.75) is 19.3 Å². The Kier molecular flexibility index (Phi) is 6.31. The summed E-state index contributed by atoms with van der Waals surface area (Å²) in [6.07, 6.45) is 2.33. The number of hydrogen-bond acceptors (Lipinski definition) is 6. The Morgan fingerprint density at radius 1 is 1.26 bits per heavy atom. The topological polar surface area (TPSA) is 102 Å². The van der Waals surface area contributed by atoms with Gasteiger partial charge in [0.25, 0.3) is 5.91 Å². The normalized spacial score (nSPS) is 10.9. The highest BCUT2D eigenvalue weighted by molar-refractivity contribution is 7.09.